The van der Waals surface area contributed by atoms with Crippen LogP contribution in [-0.2, 0) is 21.4 Å². The zero-order valence-corrected chi connectivity index (χ0v) is 14.6. The van der Waals surface area contributed by atoms with Gasteiger partial charge >= 0.3 is 0 Å². The van der Waals surface area contributed by atoms with Gasteiger partial charge in [0.05, 0.1) is 0 Å². The molecule has 0 spiro atoms. The van der Waals surface area contributed by atoms with E-state index in [-0.39, 0.29) is 34.7 Å². The molecule has 124 valence electrons. The number of aryl methyl sites for hydroxylation is 1. The van der Waals surface area contributed by atoms with E-state index in [0.29, 0.717) is 11.7 Å². The van der Waals surface area contributed by atoms with E-state index >= 15 is 0 Å². The molecule has 4 rings (SSSR count). The number of Topliss-reactive ketones (excluding diaryl/α,β-unsaturated/α-hetero) is 1. The van der Waals surface area contributed by atoms with Crippen molar-refractivity contribution in [3.05, 3.63) is 28.8 Å². The molecule has 2 aliphatic carbocycles. The van der Waals surface area contributed by atoms with Crippen LogP contribution in [0.5, 0.6) is 5.75 Å². The van der Waals surface area contributed by atoms with Gasteiger partial charge in [-0.05, 0) is 47.4 Å². The molecule has 2 fully saturated rings. The van der Waals surface area contributed by atoms with Crippen molar-refractivity contribution in [2.45, 2.75) is 71.0 Å². The first kappa shape index (κ1) is 15.2. The van der Waals surface area contributed by atoms with Crippen LogP contribution >= 0.6 is 0 Å². The second-order valence-corrected chi connectivity index (χ2v) is 8.66. The molecule has 3 aliphatic rings. The van der Waals surface area contributed by atoms with E-state index < -0.39 is 0 Å². The van der Waals surface area contributed by atoms with Crippen molar-refractivity contribution >= 4 is 5.78 Å². The summed E-state index contributed by atoms with van der Waals surface area (Å²) in [4.78, 5) is 12.6. The van der Waals surface area contributed by atoms with Crippen molar-refractivity contribution in [2.24, 2.45) is 11.3 Å². The Morgan fingerprint density at radius 1 is 1.26 bits per heavy atom. The molecule has 1 N–H and O–H groups in total. The Labute approximate surface area is 138 Å². The van der Waals surface area contributed by atoms with E-state index in [2.05, 4.69) is 40.7 Å². The van der Waals surface area contributed by atoms with Gasteiger partial charge in [0.25, 0.3) is 0 Å². The van der Waals surface area contributed by atoms with Gasteiger partial charge in [-0.2, -0.15) is 0 Å². The number of carbonyl (C=O) groups is 1. The largest absolute Gasteiger partial charge is 0.508 e. The van der Waals surface area contributed by atoms with Crippen molar-refractivity contribution in [3.8, 4) is 5.75 Å². The minimum atomic E-state index is -0.365. The molecule has 0 bridgehead atoms. The summed E-state index contributed by atoms with van der Waals surface area (Å²) in [7, 11) is 0. The Hall–Kier alpha value is -1.35. The molecule has 4 atom stereocenters. The number of rotatable bonds is 1. The zero-order chi connectivity index (χ0) is 16.7. The lowest BCUT2D eigenvalue weighted by atomic mass is 9.50. The second-order valence-electron chi connectivity index (χ2n) is 8.66. The first-order valence-corrected chi connectivity index (χ1v) is 8.75. The number of ether oxygens (including phenoxy) is 1. The van der Waals surface area contributed by atoms with Gasteiger partial charge in [0.15, 0.2) is 5.78 Å². The lowest BCUT2D eigenvalue weighted by Crippen LogP contribution is -2.56. The number of epoxide rings is 1. The molecule has 4 unspecified atom stereocenters. The molecule has 1 aliphatic heterocycles. The van der Waals surface area contributed by atoms with Crippen LogP contribution < -0.4 is 0 Å². The number of fused-ring (bicyclic) bond motifs is 5. The Kier molecular flexibility index (Phi) is 2.90. The molecule has 23 heavy (non-hydrogen) atoms. The van der Waals surface area contributed by atoms with Crippen LogP contribution in [0.1, 0.15) is 63.6 Å². The summed E-state index contributed by atoms with van der Waals surface area (Å²) in [6.45, 7) is 10.6. The molecule has 1 aromatic rings. The summed E-state index contributed by atoms with van der Waals surface area (Å²) >= 11 is 0. The highest BCUT2D eigenvalue weighted by molar-refractivity contribution is 5.93. The zero-order valence-electron chi connectivity index (χ0n) is 14.6. The van der Waals surface area contributed by atoms with Crippen LogP contribution in [-0.4, -0.2) is 23.1 Å². The highest BCUT2D eigenvalue weighted by Gasteiger charge is 2.70. The van der Waals surface area contributed by atoms with Gasteiger partial charge < -0.3 is 9.84 Å². The maximum Gasteiger partial charge on any atom is 0.170 e. The molecule has 1 saturated heterocycles. The number of hydrogen-bond acceptors (Lipinski definition) is 3. The van der Waals surface area contributed by atoms with Crippen molar-refractivity contribution in [2.75, 3.05) is 0 Å². The van der Waals surface area contributed by atoms with Crippen molar-refractivity contribution in [1.82, 2.24) is 0 Å². The quantitative estimate of drug-likeness (QED) is 0.804. The number of ketones is 1. The van der Waals surface area contributed by atoms with Crippen molar-refractivity contribution in [1.29, 1.82) is 0 Å². The molecule has 3 heteroatoms. The number of phenols is 1. The van der Waals surface area contributed by atoms with Gasteiger partial charge in [-0.3, -0.25) is 4.79 Å². The third-order valence-electron chi connectivity index (χ3n) is 6.73. The number of carbonyl (C=O) groups excluding carboxylic acids is 1. The van der Waals surface area contributed by atoms with Crippen LogP contribution in [0.15, 0.2) is 12.1 Å². The van der Waals surface area contributed by atoms with Crippen LogP contribution in [0.25, 0.3) is 0 Å². The molecular weight excluding hydrogens is 288 g/mol. The summed E-state index contributed by atoms with van der Waals surface area (Å²) in [5.74, 6) is 1.21. The standard InChI is InChI=1S/C20H26O3/c1-10(2)12-8-11-6-7-15-19(3,4)17(22)16-18(23-16)20(15,5)13(11)9-14(12)21/h8-10,15-16,18,21H,6-7H2,1-5H3. The summed E-state index contributed by atoms with van der Waals surface area (Å²) in [5.41, 5.74) is 3.00. The topological polar surface area (TPSA) is 49.8 Å². The minimum Gasteiger partial charge on any atom is -0.508 e. The van der Waals surface area contributed by atoms with E-state index in [1.54, 1.807) is 0 Å². The van der Waals surface area contributed by atoms with E-state index in [4.69, 9.17) is 4.74 Å². The Morgan fingerprint density at radius 2 is 1.96 bits per heavy atom. The lowest BCUT2D eigenvalue weighted by Gasteiger charge is -2.51. The Morgan fingerprint density at radius 3 is 2.61 bits per heavy atom. The van der Waals surface area contributed by atoms with E-state index in [0.717, 1.165) is 18.4 Å². The summed E-state index contributed by atoms with van der Waals surface area (Å²) in [6, 6.07) is 4.14. The first-order valence-electron chi connectivity index (χ1n) is 8.75. The highest BCUT2D eigenvalue weighted by Crippen LogP contribution is 2.62. The Bertz CT molecular complexity index is 703. The maximum atomic E-state index is 12.6. The molecule has 1 aromatic carbocycles. The monoisotopic (exact) mass is 314 g/mol. The summed E-state index contributed by atoms with van der Waals surface area (Å²) < 4.78 is 5.84. The second kappa shape index (κ2) is 4.38. The fourth-order valence-corrected chi connectivity index (χ4v) is 5.38. The van der Waals surface area contributed by atoms with Gasteiger partial charge in [0, 0.05) is 10.8 Å². The number of aromatic hydroxyl groups is 1. The van der Waals surface area contributed by atoms with Gasteiger partial charge in [0.1, 0.15) is 18.0 Å². The van der Waals surface area contributed by atoms with Gasteiger partial charge in [-0.15, -0.1) is 0 Å². The van der Waals surface area contributed by atoms with Crippen molar-refractivity contribution < 1.29 is 14.6 Å². The predicted molar refractivity (Wildman–Crippen MR) is 88.8 cm³/mol. The number of hydrogen-bond donors (Lipinski definition) is 1. The fourth-order valence-electron chi connectivity index (χ4n) is 5.38. The van der Waals surface area contributed by atoms with E-state index in [1.165, 1.54) is 11.1 Å². The van der Waals surface area contributed by atoms with Gasteiger partial charge in [0.2, 0.25) is 0 Å². The first-order chi connectivity index (χ1) is 10.7. The van der Waals surface area contributed by atoms with Crippen LogP contribution in [0.4, 0.5) is 0 Å². The summed E-state index contributed by atoms with van der Waals surface area (Å²) in [6.07, 6.45) is 1.72. The molecule has 0 radical (unpaired) electrons. The molecule has 1 heterocycles. The summed E-state index contributed by atoms with van der Waals surface area (Å²) in [5, 5.41) is 10.5. The molecule has 1 saturated carbocycles. The van der Waals surface area contributed by atoms with Crippen molar-refractivity contribution in [3.63, 3.8) is 0 Å². The van der Waals surface area contributed by atoms with E-state index in [9.17, 15) is 9.90 Å². The normalized spacial score (nSPS) is 37.1. The third-order valence-corrected chi connectivity index (χ3v) is 6.73. The maximum absolute atomic E-state index is 12.6. The Balaban J connectivity index is 1.89. The van der Waals surface area contributed by atoms with Gasteiger partial charge in [-0.1, -0.05) is 40.7 Å². The average Bonchev–Trinajstić information content (AvgIpc) is 3.26. The highest BCUT2D eigenvalue weighted by atomic mass is 16.6. The van der Waals surface area contributed by atoms with Crippen LogP contribution in [0.3, 0.4) is 0 Å². The fraction of sp³-hybridized carbons (Fsp3) is 0.650. The number of benzene rings is 1. The SMILES string of the molecule is CC(C)c1cc2c(cc1O)C1(C)C3OC3C(=O)C(C)(C)C1CC2. The lowest BCUT2D eigenvalue weighted by molar-refractivity contribution is -0.134. The van der Waals surface area contributed by atoms with Crippen LogP contribution in [0, 0.1) is 11.3 Å². The average molecular weight is 314 g/mol. The third kappa shape index (κ3) is 1.77. The minimum absolute atomic E-state index is 0.0172. The molecular formula is C20H26O3. The van der Waals surface area contributed by atoms with E-state index in [1.807, 2.05) is 6.07 Å². The predicted octanol–water partition coefficient (Wildman–Crippen LogP) is 3.71. The van der Waals surface area contributed by atoms with Gasteiger partial charge in [-0.25, -0.2) is 0 Å². The molecule has 0 aromatic heterocycles. The van der Waals surface area contributed by atoms with Crippen LogP contribution in [0.2, 0.25) is 0 Å². The molecule has 0 amide bonds. The number of phenolic OH excluding ortho intramolecular Hbond substituents is 1. The molecule has 3 nitrogen and oxygen atoms in total. The smallest absolute Gasteiger partial charge is 0.170 e.